The summed E-state index contributed by atoms with van der Waals surface area (Å²) in [5.74, 6) is 0.175. The van der Waals surface area contributed by atoms with Gasteiger partial charge in [0.25, 0.3) is 5.69 Å². The zero-order chi connectivity index (χ0) is 13.7. The summed E-state index contributed by atoms with van der Waals surface area (Å²) in [7, 11) is 0. The standard InChI is InChI=1S/C11H9N5O3/c17-10-3-2-9(16(18)19)6-8(10)7-14-15-11-12-4-1-5-13-11/h1-7,17H,(H,12,13,15)/b14-7+. The second-order valence-electron chi connectivity index (χ2n) is 3.44. The van der Waals surface area contributed by atoms with E-state index in [0.717, 1.165) is 0 Å². The Morgan fingerprint density at radius 2 is 2.11 bits per heavy atom. The summed E-state index contributed by atoms with van der Waals surface area (Å²) in [6, 6.07) is 5.31. The fourth-order valence-corrected chi connectivity index (χ4v) is 1.28. The Balaban J connectivity index is 2.14. The molecule has 0 spiro atoms. The van der Waals surface area contributed by atoms with Crippen molar-refractivity contribution in [2.75, 3.05) is 5.43 Å². The molecule has 2 rings (SSSR count). The predicted octanol–water partition coefficient (Wildman–Crippen LogP) is 1.54. The van der Waals surface area contributed by atoms with E-state index in [2.05, 4.69) is 20.5 Å². The molecule has 0 aliphatic carbocycles. The first kappa shape index (κ1) is 12.4. The Kier molecular flexibility index (Phi) is 3.62. The largest absolute Gasteiger partial charge is 0.507 e. The molecule has 8 heteroatoms. The maximum atomic E-state index is 10.6. The Morgan fingerprint density at radius 3 is 2.79 bits per heavy atom. The van der Waals surface area contributed by atoms with Crippen LogP contribution in [0.4, 0.5) is 11.6 Å². The SMILES string of the molecule is O=[N+]([O-])c1ccc(O)c(/C=N/Nc2ncccn2)c1. The summed E-state index contributed by atoms with van der Waals surface area (Å²) in [6.45, 7) is 0. The van der Waals surface area contributed by atoms with Gasteiger partial charge in [0, 0.05) is 30.1 Å². The van der Waals surface area contributed by atoms with Crippen LogP contribution in [0.15, 0.2) is 41.8 Å². The molecule has 0 fully saturated rings. The highest BCUT2D eigenvalue weighted by atomic mass is 16.6. The van der Waals surface area contributed by atoms with E-state index in [9.17, 15) is 15.2 Å². The van der Waals surface area contributed by atoms with Crippen LogP contribution < -0.4 is 5.43 Å². The van der Waals surface area contributed by atoms with Crippen molar-refractivity contribution in [3.05, 3.63) is 52.3 Å². The number of rotatable bonds is 4. The van der Waals surface area contributed by atoms with Crippen molar-refractivity contribution in [2.24, 2.45) is 5.10 Å². The molecule has 1 heterocycles. The highest BCUT2D eigenvalue weighted by Crippen LogP contribution is 2.21. The molecule has 8 nitrogen and oxygen atoms in total. The van der Waals surface area contributed by atoms with Crippen molar-refractivity contribution in [3.63, 3.8) is 0 Å². The van der Waals surface area contributed by atoms with Crippen LogP contribution in [0.2, 0.25) is 0 Å². The zero-order valence-electron chi connectivity index (χ0n) is 9.59. The van der Waals surface area contributed by atoms with Crippen LogP contribution in [0.5, 0.6) is 5.75 Å². The van der Waals surface area contributed by atoms with Crippen LogP contribution in [-0.4, -0.2) is 26.2 Å². The number of nitro groups is 1. The van der Waals surface area contributed by atoms with E-state index in [-0.39, 0.29) is 22.9 Å². The molecule has 96 valence electrons. The molecule has 1 aromatic carbocycles. The van der Waals surface area contributed by atoms with Gasteiger partial charge in [0.05, 0.1) is 11.1 Å². The normalized spacial score (nSPS) is 10.5. The lowest BCUT2D eigenvalue weighted by molar-refractivity contribution is -0.384. The van der Waals surface area contributed by atoms with Crippen LogP contribution in [0.3, 0.4) is 0 Å². The average Bonchev–Trinajstić information content (AvgIpc) is 2.42. The lowest BCUT2D eigenvalue weighted by Gasteiger charge is -1.99. The number of anilines is 1. The summed E-state index contributed by atoms with van der Waals surface area (Å²) >= 11 is 0. The number of nitrogens with zero attached hydrogens (tertiary/aromatic N) is 4. The molecule has 1 aromatic heterocycles. The number of hydrogen-bond donors (Lipinski definition) is 2. The number of non-ortho nitro benzene ring substituents is 1. The summed E-state index contributed by atoms with van der Waals surface area (Å²) < 4.78 is 0. The van der Waals surface area contributed by atoms with Crippen LogP contribution in [0.1, 0.15) is 5.56 Å². The van der Waals surface area contributed by atoms with Crippen LogP contribution in [-0.2, 0) is 0 Å². The number of phenolic OH excluding ortho intramolecular Hbond substituents is 1. The van der Waals surface area contributed by atoms with E-state index in [0.29, 0.717) is 0 Å². The fourth-order valence-electron chi connectivity index (χ4n) is 1.28. The van der Waals surface area contributed by atoms with Gasteiger partial charge in [-0.15, -0.1) is 0 Å². The Labute approximate surface area is 107 Å². The van der Waals surface area contributed by atoms with Gasteiger partial charge in [0.1, 0.15) is 5.75 Å². The molecule has 0 bridgehead atoms. The first-order valence-electron chi connectivity index (χ1n) is 5.20. The Hall–Kier alpha value is -3.03. The number of hydrazone groups is 1. The molecule has 2 aromatic rings. The van der Waals surface area contributed by atoms with Gasteiger partial charge in [0.15, 0.2) is 0 Å². The number of aromatic nitrogens is 2. The smallest absolute Gasteiger partial charge is 0.270 e. The maximum Gasteiger partial charge on any atom is 0.270 e. The first-order valence-corrected chi connectivity index (χ1v) is 5.20. The third-order valence-electron chi connectivity index (χ3n) is 2.16. The van der Waals surface area contributed by atoms with Gasteiger partial charge in [-0.05, 0) is 12.1 Å². The van der Waals surface area contributed by atoms with Crippen molar-refractivity contribution in [1.29, 1.82) is 0 Å². The predicted molar refractivity (Wildman–Crippen MR) is 68.0 cm³/mol. The molecular weight excluding hydrogens is 250 g/mol. The second kappa shape index (κ2) is 5.54. The number of aromatic hydroxyl groups is 1. The fraction of sp³-hybridized carbons (Fsp3) is 0. The molecule has 0 unspecified atom stereocenters. The van der Waals surface area contributed by atoms with E-state index in [1.165, 1.54) is 36.8 Å². The van der Waals surface area contributed by atoms with Gasteiger partial charge in [-0.1, -0.05) is 0 Å². The van der Waals surface area contributed by atoms with Gasteiger partial charge >= 0.3 is 0 Å². The minimum atomic E-state index is -0.551. The van der Waals surface area contributed by atoms with Gasteiger partial charge in [-0.3, -0.25) is 10.1 Å². The van der Waals surface area contributed by atoms with E-state index < -0.39 is 4.92 Å². The lowest BCUT2D eigenvalue weighted by Crippen LogP contribution is -1.96. The van der Waals surface area contributed by atoms with Crippen molar-refractivity contribution >= 4 is 17.9 Å². The summed E-state index contributed by atoms with van der Waals surface area (Å²) in [5.41, 5.74) is 2.63. The monoisotopic (exact) mass is 259 g/mol. The number of phenols is 1. The van der Waals surface area contributed by atoms with E-state index in [1.807, 2.05) is 0 Å². The molecule has 0 saturated heterocycles. The number of benzene rings is 1. The third-order valence-corrected chi connectivity index (χ3v) is 2.16. The zero-order valence-corrected chi connectivity index (χ0v) is 9.59. The first-order chi connectivity index (χ1) is 9.16. The van der Waals surface area contributed by atoms with Crippen molar-refractivity contribution in [1.82, 2.24) is 9.97 Å². The quantitative estimate of drug-likeness (QED) is 0.489. The molecule has 0 atom stereocenters. The topological polar surface area (TPSA) is 114 Å². The molecule has 0 saturated carbocycles. The Bertz CT molecular complexity index is 615. The molecule has 19 heavy (non-hydrogen) atoms. The third kappa shape index (κ3) is 3.22. The van der Waals surface area contributed by atoms with Crippen LogP contribution in [0, 0.1) is 10.1 Å². The van der Waals surface area contributed by atoms with Gasteiger partial charge in [-0.2, -0.15) is 5.10 Å². The van der Waals surface area contributed by atoms with Gasteiger partial charge < -0.3 is 5.11 Å². The van der Waals surface area contributed by atoms with Crippen molar-refractivity contribution in [2.45, 2.75) is 0 Å². The summed E-state index contributed by atoms with van der Waals surface area (Å²) in [6.07, 6.45) is 4.32. The highest BCUT2D eigenvalue weighted by Gasteiger charge is 2.08. The molecule has 0 amide bonds. The summed E-state index contributed by atoms with van der Waals surface area (Å²) in [4.78, 5) is 17.8. The minimum absolute atomic E-state index is 0.106. The van der Waals surface area contributed by atoms with Gasteiger partial charge in [0.2, 0.25) is 5.95 Å². The van der Waals surface area contributed by atoms with Crippen LogP contribution >= 0.6 is 0 Å². The Morgan fingerprint density at radius 1 is 1.37 bits per heavy atom. The number of nitrogens with one attached hydrogen (secondary N) is 1. The minimum Gasteiger partial charge on any atom is -0.507 e. The van der Waals surface area contributed by atoms with Crippen molar-refractivity contribution < 1.29 is 10.0 Å². The number of hydrogen-bond acceptors (Lipinski definition) is 7. The maximum absolute atomic E-state index is 10.6. The van der Waals surface area contributed by atoms with Gasteiger partial charge in [-0.25, -0.2) is 15.4 Å². The van der Waals surface area contributed by atoms with Crippen molar-refractivity contribution in [3.8, 4) is 5.75 Å². The lowest BCUT2D eigenvalue weighted by atomic mass is 10.2. The molecule has 0 aliphatic rings. The average molecular weight is 259 g/mol. The van der Waals surface area contributed by atoms with E-state index in [1.54, 1.807) is 6.07 Å². The van der Waals surface area contributed by atoms with Crippen LogP contribution in [0.25, 0.3) is 0 Å². The molecule has 0 radical (unpaired) electrons. The molecule has 0 aliphatic heterocycles. The molecular formula is C11H9N5O3. The van der Waals surface area contributed by atoms with E-state index >= 15 is 0 Å². The second-order valence-corrected chi connectivity index (χ2v) is 3.44. The highest BCUT2D eigenvalue weighted by molar-refractivity contribution is 5.84. The molecule has 2 N–H and O–H groups in total. The summed E-state index contributed by atoms with van der Waals surface area (Å²) in [5, 5.41) is 23.9. The number of nitro benzene ring substituents is 1. The van der Waals surface area contributed by atoms with E-state index in [4.69, 9.17) is 0 Å².